The first-order valence-electron chi connectivity index (χ1n) is 17.7. The van der Waals surface area contributed by atoms with Crippen LogP contribution >= 0.6 is 11.6 Å². The summed E-state index contributed by atoms with van der Waals surface area (Å²) in [5, 5.41) is 3.00. The summed E-state index contributed by atoms with van der Waals surface area (Å²) >= 11 is 6.25. The smallest absolute Gasteiger partial charge is 0.410 e. The van der Waals surface area contributed by atoms with Gasteiger partial charge in [-0.2, -0.15) is 0 Å². The molecule has 1 spiro atoms. The molecule has 2 aliphatic rings. The number of fused-ring (bicyclic) bond motifs is 3. The lowest BCUT2D eigenvalue weighted by atomic mass is 9.74. The number of rotatable bonds is 19. The Morgan fingerprint density at radius 3 is 2.69 bits per heavy atom. The molecule has 54 heavy (non-hydrogen) atoms. The molecular weight excluding hydrogens is 745 g/mol. The molecule has 4 heterocycles. The number of benzene rings is 1. The van der Waals surface area contributed by atoms with E-state index in [0.717, 1.165) is 11.1 Å². The molecule has 292 valence electrons. The second kappa shape index (κ2) is 18.8. The topological polar surface area (TPSA) is 174 Å². The van der Waals surface area contributed by atoms with Crippen molar-refractivity contribution >= 4 is 56.3 Å². The normalized spacial score (nSPS) is 15.7. The number of likely N-dealkylation sites (tertiary alicyclic amines) is 1. The van der Waals surface area contributed by atoms with Crippen LogP contribution in [0, 0.1) is 12.3 Å². The van der Waals surface area contributed by atoms with Gasteiger partial charge in [-0.25, -0.2) is 22.9 Å². The average Bonchev–Trinajstić information content (AvgIpc) is 3.59. The van der Waals surface area contributed by atoms with Gasteiger partial charge in [-0.3, -0.25) is 19.0 Å². The van der Waals surface area contributed by atoms with Crippen LogP contribution in [0.25, 0.3) is 11.0 Å². The molecule has 0 radical (unpaired) electrons. The lowest BCUT2D eigenvalue weighted by molar-refractivity contribution is -0.125. The predicted octanol–water partition coefficient (Wildman–Crippen LogP) is 2.94. The maximum Gasteiger partial charge on any atom is 0.410 e. The van der Waals surface area contributed by atoms with Crippen LogP contribution in [0.1, 0.15) is 44.0 Å². The number of nitrogens with one attached hydrogen (secondary N) is 2. The highest BCUT2D eigenvalue weighted by Crippen LogP contribution is 2.48. The van der Waals surface area contributed by atoms with Crippen molar-refractivity contribution in [1.29, 1.82) is 0 Å². The summed E-state index contributed by atoms with van der Waals surface area (Å²) in [5.41, 5.74) is 2.13. The van der Waals surface area contributed by atoms with Gasteiger partial charge in [-0.15, -0.1) is 6.42 Å². The van der Waals surface area contributed by atoms with E-state index in [2.05, 4.69) is 20.9 Å². The Labute approximate surface area is 318 Å². The first kappa shape index (κ1) is 40.8. The molecule has 0 saturated carbocycles. The Kier molecular flexibility index (Phi) is 14.2. The van der Waals surface area contributed by atoms with Gasteiger partial charge in [0.05, 0.1) is 61.4 Å². The number of aromatic nitrogens is 3. The predicted molar refractivity (Wildman–Crippen MR) is 199 cm³/mol. The van der Waals surface area contributed by atoms with E-state index in [1.54, 1.807) is 29.4 Å². The minimum atomic E-state index is -4.01. The molecule has 2 N–H and O–H groups in total. The zero-order valence-corrected chi connectivity index (χ0v) is 31.7. The fourth-order valence-electron chi connectivity index (χ4n) is 6.65. The van der Waals surface area contributed by atoms with Crippen LogP contribution in [0.5, 0.6) is 0 Å². The second-order valence-corrected chi connectivity index (χ2v) is 15.3. The molecule has 0 unspecified atom stereocenters. The number of piperidine rings is 1. The summed E-state index contributed by atoms with van der Waals surface area (Å²) in [5.74, 6) is 1.33. The number of terminal acetylenes is 1. The standard InChI is InChI=1S/C36H45ClFN7O8S/c1-3-17-51-19-20-52-18-13-40-33(46)25-54(49,50)41-22-26(2)53-35(48)43-15-9-36(10-16-43)28-8-12-39-23-31(28)45(34(36)47)24-32-42-29-21-27(37)6-7-30(29)44(32)14-5-4-11-38/h1,6-8,12,21,23,26,41H,4-5,9-11,13-20,22,24-25H2,2H3,(H,40,46)/t26-/m1/s1. The minimum Gasteiger partial charge on any atom is -0.445 e. The van der Waals surface area contributed by atoms with Crippen molar-refractivity contribution in [3.05, 3.63) is 53.1 Å². The number of unbranched alkanes of at least 4 members (excludes halogenated alkanes) is 1. The molecule has 3 aromatic rings. The van der Waals surface area contributed by atoms with E-state index in [-0.39, 0.29) is 58.5 Å². The van der Waals surface area contributed by atoms with Gasteiger partial charge >= 0.3 is 6.09 Å². The fourth-order valence-corrected chi connectivity index (χ4v) is 7.85. The average molecular weight is 790 g/mol. The molecule has 1 fully saturated rings. The first-order chi connectivity index (χ1) is 26.0. The van der Waals surface area contributed by atoms with Gasteiger partial charge in [0.2, 0.25) is 21.8 Å². The molecule has 1 aromatic carbocycles. The van der Waals surface area contributed by atoms with Crippen molar-refractivity contribution in [2.45, 2.75) is 57.2 Å². The number of aryl methyl sites for hydroxylation is 1. The highest BCUT2D eigenvalue weighted by Gasteiger charge is 2.53. The number of carbonyl (C=O) groups excluding carboxylic acids is 3. The lowest BCUT2D eigenvalue weighted by Crippen LogP contribution is -2.50. The number of pyridine rings is 1. The number of imidazole rings is 1. The van der Waals surface area contributed by atoms with E-state index >= 15 is 0 Å². The summed E-state index contributed by atoms with van der Waals surface area (Å²) in [6.07, 6.45) is 8.58. The van der Waals surface area contributed by atoms with Crippen molar-refractivity contribution < 1.29 is 41.4 Å². The molecule has 0 bridgehead atoms. The highest BCUT2D eigenvalue weighted by molar-refractivity contribution is 7.90. The van der Waals surface area contributed by atoms with E-state index in [9.17, 15) is 27.2 Å². The Hall–Kier alpha value is -4.34. The molecule has 5 rings (SSSR count). The Morgan fingerprint density at radius 2 is 1.93 bits per heavy atom. The Balaban J connectivity index is 1.13. The molecule has 0 aliphatic carbocycles. The quantitative estimate of drug-likeness (QED) is 0.136. The third kappa shape index (κ3) is 10.0. The number of alkyl halides is 1. The van der Waals surface area contributed by atoms with Gasteiger partial charge in [-0.05, 0) is 62.4 Å². The number of anilines is 1. The maximum absolute atomic E-state index is 14.4. The van der Waals surface area contributed by atoms with Crippen LogP contribution in [0.3, 0.4) is 0 Å². The zero-order chi connectivity index (χ0) is 38.7. The summed E-state index contributed by atoms with van der Waals surface area (Å²) in [4.78, 5) is 51.9. The van der Waals surface area contributed by atoms with Crippen molar-refractivity contribution in [1.82, 2.24) is 29.5 Å². The van der Waals surface area contributed by atoms with Crippen LogP contribution in [0.4, 0.5) is 14.9 Å². The number of halogens is 2. The largest absolute Gasteiger partial charge is 0.445 e. The molecule has 1 saturated heterocycles. The highest BCUT2D eigenvalue weighted by atomic mass is 35.5. The van der Waals surface area contributed by atoms with Crippen LogP contribution < -0.4 is 14.9 Å². The van der Waals surface area contributed by atoms with E-state index in [0.29, 0.717) is 60.9 Å². The molecule has 3 amide bonds. The van der Waals surface area contributed by atoms with Crippen molar-refractivity contribution in [3.8, 4) is 12.3 Å². The first-order valence-corrected chi connectivity index (χ1v) is 19.8. The van der Waals surface area contributed by atoms with Crippen LogP contribution in [-0.4, -0.2) is 117 Å². The molecule has 2 aliphatic heterocycles. The summed E-state index contributed by atoms with van der Waals surface area (Å²) < 4.78 is 58.1. The van der Waals surface area contributed by atoms with Gasteiger partial charge in [0.1, 0.15) is 24.3 Å². The monoisotopic (exact) mass is 789 g/mol. The number of sulfonamides is 1. The third-order valence-electron chi connectivity index (χ3n) is 9.33. The van der Waals surface area contributed by atoms with E-state index < -0.39 is 46.0 Å². The zero-order valence-electron chi connectivity index (χ0n) is 30.1. The lowest BCUT2D eigenvalue weighted by Gasteiger charge is -2.38. The van der Waals surface area contributed by atoms with Gasteiger partial charge in [-0.1, -0.05) is 17.5 Å². The van der Waals surface area contributed by atoms with E-state index in [1.165, 1.54) is 11.8 Å². The van der Waals surface area contributed by atoms with Crippen LogP contribution in [-0.2, 0) is 52.3 Å². The van der Waals surface area contributed by atoms with Crippen LogP contribution in [0.2, 0.25) is 5.02 Å². The van der Waals surface area contributed by atoms with E-state index in [1.807, 2.05) is 16.7 Å². The fraction of sp³-hybridized carbons (Fsp3) is 0.528. The summed E-state index contributed by atoms with van der Waals surface area (Å²) in [6, 6.07) is 7.25. The van der Waals surface area contributed by atoms with Crippen molar-refractivity contribution in [2.24, 2.45) is 0 Å². The second-order valence-electron chi connectivity index (χ2n) is 13.1. The summed E-state index contributed by atoms with van der Waals surface area (Å²) in [6.45, 7) is 3.06. The molecule has 15 nitrogen and oxygen atoms in total. The van der Waals surface area contributed by atoms with Gasteiger partial charge < -0.3 is 33.9 Å². The number of amides is 3. The minimum absolute atomic E-state index is 0.113. The van der Waals surface area contributed by atoms with E-state index in [4.69, 9.17) is 37.2 Å². The SMILES string of the molecule is C#CCOCCOCCNC(=O)CS(=O)(=O)NC[C@@H](C)OC(=O)N1CCC2(CC1)C(=O)N(Cc1nc3cc(Cl)ccc3n1CCCCF)c1cnccc12. The maximum atomic E-state index is 14.4. The summed E-state index contributed by atoms with van der Waals surface area (Å²) in [7, 11) is -4.01. The molecule has 18 heteroatoms. The van der Waals surface area contributed by atoms with Crippen molar-refractivity contribution in [3.63, 3.8) is 0 Å². The number of nitrogens with zero attached hydrogens (tertiary/aromatic N) is 5. The Bertz CT molecular complexity index is 1950. The number of carbonyl (C=O) groups is 3. The number of ether oxygens (including phenoxy) is 3. The Morgan fingerprint density at radius 1 is 1.15 bits per heavy atom. The van der Waals surface area contributed by atoms with Crippen LogP contribution in [0.15, 0.2) is 36.7 Å². The number of hydrogen-bond acceptors (Lipinski definition) is 10. The number of hydrogen-bond donors (Lipinski definition) is 2. The molecule has 2 aromatic heterocycles. The molecule has 1 atom stereocenters. The molecular formula is C36H45ClFN7O8S. The van der Waals surface area contributed by atoms with Gasteiger partial charge in [0, 0.05) is 43.9 Å². The third-order valence-corrected chi connectivity index (χ3v) is 10.8. The van der Waals surface area contributed by atoms with Gasteiger partial charge in [0.15, 0.2) is 0 Å². The van der Waals surface area contributed by atoms with Gasteiger partial charge in [0.25, 0.3) is 0 Å². The van der Waals surface area contributed by atoms with Crippen molar-refractivity contribution in [2.75, 3.05) is 69.9 Å².